The van der Waals surface area contributed by atoms with Gasteiger partial charge in [0.15, 0.2) is 12.4 Å². The summed E-state index contributed by atoms with van der Waals surface area (Å²) >= 11 is 6.17. The number of hydrogen-bond donors (Lipinski definition) is 1. The summed E-state index contributed by atoms with van der Waals surface area (Å²) in [5.74, 6) is 0.0774. The molecule has 0 aliphatic rings. The van der Waals surface area contributed by atoms with Crippen molar-refractivity contribution in [2.24, 2.45) is 5.10 Å². The molecule has 41 heavy (non-hydrogen) atoms. The fourth-order valence-electron chi connectivity index (χ4n) is 4.79. The van der Waals surface area contributed by atoms with Crippen LogP contribution < -0.4 is 10.3 Å². The number of halogens is 1. The Morgan fingerprint density at radius 1 is 1.07 bits per heavy atom. The first-order valence-electron chi connectivity index (χ1n) is 12.7. The summed E-state index contributed by atoms with van der Waals surface area (Å²) < 4.78 is 14.6. The van der Waals surface area contributed by atoms with Crippen LogP contribution >= 0.6 is 11.6 Å². The number of nitrogens with zero attached hydrogens (tertiary/aromatic N) is 4. The lowest BCUT2D eigenvalue weighted by Gasteiger charge is -2.11. The van der Waals surface area contributed by atoms with Gasteiger partial charge in [0.1, 0.15) is 11.3 Å². The van der Waals surface area contributed by atoms with E-state index in [1.165, 1.54) is 4.68 Å². The maximum atomic E-state index is 13.6. The van der Waals surface area contributed by atoms with Crippen molar-refractivity contribution < 1.29 is 19.1 Å². The first-order valence-corrected chi connectivity index (χ1v) is 13.1. The molecule has 0 saturated carbocycles. The van der Waals surface area contributed by atoms with Gasteiger partial charge < -0.3 is 18.8 Å². The number of carboxylic acids is 1. The van der Waals surface area contributed by atoms with Crippen LogP contribution in [0.5, 0.6) is 5.75 Å². The largest absolute Gasteiger partial charge is 0.482 e. The molecule has 0 unspecified atom stereocenters. The van der Waals surface area contributed by atoms with E-state index in [-0.39, 0.29) is 11.4 Å². The van der Waals surface area contributed by atoms with Crippen molar-refractivity contribution in [2.75, 3.05) is 6.61 Å². The lowest BCUT2D eigenvalue weighted by atomic mass is 10.2. The highest BCUT2D eigenvalue weighted by atomic mass is 35.5. The summed E-state index contributed by atoms with van der Waals surface area (Å²) in [5.41, 5.74) is 4.33. The normalized spacial score (nSPS) is 11.6. The Hall–Kier alpha value is -5.15. The molecule has 0 atom stereocenters. The summed E-state index contributed by atoms with van der Waals surface area (Å²) in [6.45, 7) is 3.51. The maximum absolute atomic E-state index is 13.6. The molecule has 0 amide bonds. The number of rotatable bonds is 7. The van der Waals surface area contributed by atoms with E-state index in [0.717, 1.165) is 28.0 Å². The Balaban J connectivity index is 1.41. The fraction of sp³-hybridized carbons (Fsp3) is 0.0968. The Morgan fingerprint density at radius 3 is 2.63 bits per heavy atom. The molecule has 10 heteroatoms. The van der Waals surface area contributed by atoms with Gasteiger partial charge in [-0.05, 0) is 80.6 Å². The molecule has 0 saturated heterocycles. The molecule has 3 heterocycles. The van der Waals surface area contributed by atoms with E-state index in [1.807, 2.05) is 42.7 Å². The van der Waals surface area contributed by atoms with E-state index in [4.69, 9.17) is 30.8 Å². The van der Waals surface area contributed by atoms with E-state index in [2.05, 4.69) is 5.10 Å². The molecule has 0 aliphatic heterocycles. The summed E-state index contributed by atoms with van der Waals surface area (Å²) in [6, 6.07) is 23.3. The Kier molecular flexibility index (Phi) is 6.64. The topological polar surface area (TPSA) is 112 Å². The van der Waals surface area contributed by atoms with Gasteiger partial charge in [-0.25, -0.2) is 9.78 Å². The number of carbonyl (C=O) groups is 1. The number of para-hydroxylation sites is 1. The predicted octanol–water partition coefficient (Wildman–Crippen LogP) is 6.22. The average molecular weight is 567 g/mol. The fourth-order valence-corrected chi connectivity index (χ4v) is 4.97. The summed E-state index contributed by atoms with van der Waals surface area (Å²) in [7, 11) is 0. The van der Waals surface area contributed by atoms with Crippen molar-refractivity contribution in [1.82, 2.24) is 14.2 Å². The van der Waals surface area contributed by atoms with Gasteiger partial charge in [-0.1, -0.05) is 23.7 Å². The number of furan rings is 1. The first-order chi connectivity index (χ1) is 19.8. The van der Waals surface area contributed by atoms with Gasteiger partial charge in [0.2, 0.25) is 5.82 Å². The third-order valence-corrected chi connectivity index (χ3v) is 6.93. The van der Waals surface area contributed by atoms with Gasteiger partial charge in [0.25, 0.3) is 5.56 Å². The third-order valence-electron chi connectivity index (χ3n) is 6.69. The molecule has 0 bridgehead atoms. The Labute approximate surface area is 238 Å². The minimum absolute atomic E-state index is 0.267. The van der Waals surface area contributed by atoms with Gasteiger partial charge >= 0.3 is 5.97 Å². The first kappa shape index (κ1) is 26.1. The molecule has 6 aromatic rings. The lowest BCUT2D eigenvalue weighted by Crippen LogP contribution is -2.20. The molecule has 0 radical (unpaired) electrons. The van der Waals surface area contributed by atoms with Crippen molar-refractivity contribution in [3.05, 3.63) is 111 Å². The molecule has 204 valence electrons. The number of carboxylic acid groups (broad SMARTS) is 1. The minimum Gasteiger partial charge on any atom is -0.482 e. The zero-order valence-corrected chi connectivity index (χ0v) is 22.8. The van der Waals surface area contributed by atoms with Gasteiger partial charge in [-0.2, -0.15) is 9.78 Å². The molecule has 1 N–H and O–H groups in total. The number of benzene rings is 3. The van der Waals surface area contributed by atoms with E-state index in [0.29, 0.717) is 33.0 Å². The van der Waals surface area contributed by atoms with Gasteiger partial charge in [-0.3, -0.25) is 4.79 Å². The molecule has 6 rings (SSSR count). The molecule has 3 aromatic heterocycles. The van der Waals surface area contributed by atoms with Crippen molar-refractivity contribution >= 4 is 45.7 Å². The van der Waals surface area contributed by atoms with Crippen molar-refractivity contribution in [2.45, 2.75) is 13.8 Å². The van der Waals surface area contributed by atoms with Crippen molar-refractivity contribution in [3.8, 4) is 23.0 Å². The Morgan fingerprint density at radius 2 is 1.85 bits per heavy atom. The molecule has 3 aromatic carbocycles. The molecule has 0 aliphatic carbocycles. The smallest absolute Gasteiger partial charge is 0.341 e. The van der Waals surface area contributed by atoms with Crippen LogP contribution in [0.3, 0.4) is 0 Å². The molecular weight excluding hydrogens is 544 g/mol. The van der Waals surface area contributed by atoms with Crippen molar-refractivity contribution in [1.29, 1.82) is 0 Å². The Bertz CT molecular complexity index is 2040. The second-order valence-corrected chi connectivity index (χ2v) is 9.88. The minimum atomic E-state index is -1.04. The SMILES string of the molecule is Cc1cc(C=Nn2c(-c3cc4cc(Cl)ccc4o3)nc3ccccc3c2=O)c(C)n1-c1ccc(OCC(=O)O)cc1. The van der Waals surface area contributed by atoms with Crippen molar-refractivity contribution in [3.63, 3.8) is 0 Å². The summed E-state index contributed by atoms with van der Waals surface area (Å²) in [6.07, 6.45) is 1.63. The van der Waals surface area contributed by atoms with E-state index in [1.54, 1.807) is 60.8 Å². The van der Waals surface area contributed by atoms with Crippen LogP contribution in [0.4, 0.5) is 0 Å². The highest BCUT2D eigenvalue weighted by Crippen LogP contribution is 2.29. The standard InChI is InChI=1S/C31H23ClN4O5/c1-18-13-21(19(2)35(18)23-8-10-24(11-9-23)40-17-29(37)38)16-33-36-30(34-26-6-4-3-5-25(26)31(36)39)28-15-20-14-22(32)7-12-27(20)41-28/h3-16H,17H2,1-2H3,(H,37,38). The highest BCUT2D eigenvalue weighted by Gasteiger charge is 2.17. The van der Waals surface area contributed by atoms with E-state index in [9.17, 15) is 9.59 Å². The van der Waals surface area contributed by atoms with Crippen LogP contribution in [-0.2, 0) is 4.79 Å². The number of aromatic nitrogens is 3. The molecular formula is C31H23ClN4O5. The maximum Gasteiger partial charge on any atom is 0.341 e. The zero-order chi connectivity index (χ0) is 28.7. The number of hydrogen-bond acceptors (Lipinski definition) is 6. The van der Waals surface area contributed by atoms with E-state index >= 15 is 0 Å². The highest BCUT2D eigenvalue weighted by molar-refractivity contribution is 6.31. The van der Waals surface area contributed by atoms with Gasteiger partial charge in [-0.15, -0.1) is 0 Å². The quantitative estimate of drug-likeness (QED) is 0.230. The number of fused-ring (bicyclic) bond motifs is 2. The zero-order valence-electron chi connectivity index (χ0n) is 22.0. The van der Waals surface area contributed by atoms with Crippen LogP contribution in [0.2, 0.25) is 5.02 Å². The number of ether oxygens (including phenoxy) is 1. The summed E-state index contributed by atoms with van der Waals surface area (Å²) in [4.78, 5) is 29.1. The van der Waals surface area contributed by atoms with Crippen LogP contribution in [-0.4, -0.2) is 38.1 Å². The third kappa shape index (κ3) is 4.99. The van der Waals surface area contributed by atoms with Crippen LogP contribution in [0, 0.1) is 13.8 Å². The number of aryl methyl sites for hydroxylation is 1. The second-order valence-electron chi connectivity index (χ2n) is 9.45. The van der Waals surface area contributed by atoms with Crippen LogP contribution in [0.15, 0.2) is 93.2 Å². The van der Waals surface area contributed by atoms with Crippen LogP contribution in [0.25, 0.3) is 39.1 Å². The monoisotopic (exact) mass is 566 g/mol. The molecule has 0 fully saturated rings. The molecule has 0 spiro atoms. The average Bonchev–Trinajstić information content (AvgIpc) is 3.50. The van der Waals surface area contributed by atoms with Crippen LogP contribution in [0.1, 0.15) is 17.0 Å². The summed E-state index contributed by atoms with van der Waals surface area (Å²) in [5, 5.41) is 15.2. The van der Waals surface area contributed by atoms with E-state index < -0.39 is 12.6 Å². The van der Waals surface area contributed by atoms with Gasteiger partial charge in [0, 0.05) is 33.0 Å². The molecule has 9 nitrogen and oxygen atoms in total. The predicted molar refractivity (Wildman–Crippen MR) is 158 cm³/mol. The van der Waals surface area contributed by atoms with Gasteiger partial charge in [0.05, 0.1) is 17.1 Å². The lowest BCUT2D eigenvalue weighted by molar-refractivity contribution is -0.139. The number of aliphatic carboxylic acids is 1. The second kappa shape index (κ2) is 10.4.